The number of carbonyl (C=O) groups excluding carboxylic acids is 1. The lowest BCUT2D eigenvalue weighted by Crippen LogP contribution is -2.31. The summed E-state index contributed by atoms with van der Waals surface area (Å²) >= 11 is 0. The molecule has 0 aliphatic carbocycles. The maximum Gasteiger partial charge on any atom is 0.232 e. The van der Waals surface area contributed by atoms with Crippen molar-refractivity contribution in [2.75, 3.05) is 25.5 Å². The molecule has 1 aromatic rings. The van der Waals surface area contributed by atoms with E-state index >= 15 is 0 Å². The molecule has 2 atom stereocenters. The van der Waals surface area contributed by atoms with Crippen LogP contribution in [0.1, 0.15) is 30.7 Å². The van der Waals surface area contributed by atoms with Gasteiger partial charge in [-0.05, 0) is 62.0 Å². The molecule has 1 fully saturated rings. The Hall–Kier alpha value is -1.55. The van der Waals surface area contributed by atoms with Gasteiger partial charge < -0.3 is 15.4 Å². The Balaban J connectivity index is 1.80. The zero-order chi connectivity index (χ0) is 13.2. The minimum absolute atomic E-state index is 0.0185. The third-order valence-corrected chi connectivity index (χ3v) is 4.18. The summed E-state index contributed by atoms with van der Waals surface area (Å²) in [5, 5.41) is 6.39. The number of ether oxygens (including phenoxy) is 1. The van der Waals surface area contributed by atoms with Crippen molar-refractivity contribution in [1.29, 1.82) is 0 Å². The topological polar surface area (TPSA) is 50.4 Å². The zero-order valence-electron chi connectivity index (χ0n) is 11.2. The fourth-order valence-corrected chi connectivity index (χ4v) is 3.12. The van der Waals surface area contributed by atoms with Gasteiger partial charge in [0.1, 0.15) is 5.75 Å². The van der Waals surface area contributed by atoms with E-state index in [1.54, 1.807) is 7.11 Å². The molecule has 1 aromatic carbocycles. The molecule has 2 heterocycles. The van der Waals surface area contributed by atoms with Crippen molar-refractivity contribution in [3.8, 4) is 5.75 Å². The van der Waals surface area contributed by atoms with Gasteiger partial charge >= 0.3 is 0 Å². The van der Waals surface area contributed by atoms with Gasteiger partial charge in [0, 0.05) is 5.69 Å². The average Bonchev–Trinajstić information content (AvgIpc) is 2.76. The second kappa shape index (κ2) is 5.21. The molecule has 4 nitrogen and oxygen atoms in total. The van der Waals surface area contributed by atoms with Crippen molar-refractivity contribution in [2.24, 2.45) is 5.92 Å². The van der Waals surface area contributed by atoms with Crippen LogP contribution >= 0.6 is 0 Å². The van der Waals surface area contributed by atoms with E-state index in [4.69, 9.17) is 4.74 Å². The minimum atomic E-state index is -0.0185. The van der Waals surface area contributed by atoms with Crippen LogP contribution in [0.2, 0.25) is 0 Å². The van der Waals surface area contributed by atoms with Crippen molar-refractivity contribution in [2.45, 2.75) is 25.2 Å². The number of hydrogen-bond acceptors (Lipinski definition) is 3. The first-order valence-electron chi connectivity index (χ1n) is 6.97. The second-order valence-electron chi connectivity index (χ2n) is 5.44. The highest BCUT2D eigenvalue weighted by atomic mass is 16.5. The normalized spacial score (nSPS) is 25.8. The molecule has 3 rings (SSSR count). The molecule has 2 N–H and O–H groups in total. The number of benzene rings is 1. The van der Waals surface area contributed by atoms with Gasteiger partial charge in [-0.3, -0.25) is 4.79 Å². The summed E-state index contributed by atoms with van der Waals surface area (Å²) in [5.41, 5.74) is 2.04. The van der Waals surface area contributed by atoms with E-state index in [1.807, 2.05) is 18.2 Å². The SMILES string of the molecule is COc1ccc2c(c1)C(CC1CCCNC1)C(=O)N2. The quantitative estimate of drug-likeness (QED) is 0.875. The molecule has 0 spiro atoms. The van der Waals surface area contributed by atoms with Crippen LogP contribution in [-0.2, 0) is 4.79 Å². The molecule has 4 heteroatoms. The van der Waals surface area contributed by atoms with E-state index in [1.165, 1.54) is 12.8 Å². The number of piperidine rings is 1. The first-order chi connectivity index (χ1) is 9.28. The van der Waals surface area contributed by atoms with Crippen LogP contribution in [0.15, 0.2) is 18.2 Å². The lowest BCUT2D eigenvalue weighted by molar-refractivity contribution is -0.117. The molecule has 2 aliphatic heterocycles. The highest BCUT2D eigenvalue weighted by Crippen LogP contribution is 2.39. The number of fused-ring (bicyclic) bond motifs is 1. The van der Waals surface area contributed by atoms with Gasteiger partial charge in [0.25, 0.3) is 0 Å². The van der Waals surface area contributed by atoms with Crippen molar-refractivity contribution in [3.05, 3.63) is 23.8 Å². The van der Waals surface area contributed by atoms with Gasteiger partial charge in [-0.1, -0.05) is 0 Å². The standard InChI is InChI=1S/C15H20N2O2/c1-19-11-4-5-14-12(8-11)13(15(18)17-14)7-10-3-2-6-16-9-10/h4-5,8,10,13,16H,2-3,6-7,9H2,1H3,(H,17,18). The van der Waals surface area contributed by atoms with Gasteiger partial charge in [-0.2, -0.15) is 0 Å². The number of nitrogens with one attached hydrogen (secondary N) is 2. The number of amides is 1. The fraction of sp³-hybridized carbons (Fsp3) is 0.533. The average molecular weight is 260 g/mol. The van der Waals surface area contributed by atoms with Gasteiger partial charge in [0.05, 0.1) is 13.0 Å². The van der Waals surface area contributed by atoms with E-state index in [0.717, 1.165) is 36.5 Å². The molecular formula is C15H20N2O2. The smallest absolute Gasteiger partial charge is 0.232 e. The van der Waals surface area contributed by atoms with Crippen LogP contribution in [0.4, 0.5) is 5.69 Å². The highest BCUT2D eigenvalue weighted by Gasteiger charge is 2.33. The molecule has 2 unspecified atom stereocenters. The van der Waals surface area contributed by atoms with Crippen molar-refractivity contribution < 1.29 is 9.53 Å². The van der Waals surface area contributed by atoms with E-state index in [2.05, 4.69) is 10.6 Å². The molecule has 1 saturated heterocycles. The van der Waals surface area contributed by atoms with E-state index < -0.39 is 0 Å². The van der Waals surface area contributed by atoms with Crippen LogP contribution in [0, 0.1) is 5.92 Å². The van der Waals surface area contributed by atoms with Crippen molar-refractivity contribution in [1.82, 2.24) is 5.32 Å². The Kier molecular flexibility index (Phi) is 3.42. The van der Waals surface area contributed by atoms with Gasteiger partial charge in [0.15, 0.2) is 0 Å². The molecule has 0 bridgehead atoms. The zero-order valence-corrected chi connectivity index (χ0v) is 11.2. The molecule has 102 valence electrons. The van der Waals surface area contributed by atoms with Crippen LogP contribution in [-0.4, -0.2) is 26.1 Å². The summed E-state index contributed by atoms with van der Waals surface area (Å²) < 4.78 is 5.26. The number of anilines is 1. The third kappa shape index (κ3) is 2.45. The van der Waals surface area contributed by atoms with Gasteiger partial charge in [-0.15, -0.1) is 0 Å². The summed E-state index contributed by atoms with van der Waals surface area (Å²) in [7, 11) is 1.66. The Morgan fingerprint density at radius 3 is 3.05 bits per heavy atom. The molecule has 2 aliphatic rings. The lowest BCUT2D eigenvalue weighted by Gasteiger charge is -2.24. The maximum absolute atomic E-state index is 12.1. The summed E-state index contributed by atoms with van der Waals surface area (Å²) in [5.74, 6) is 1.53. The van der Waals surface area contributed by atoms with Crippen LogP contribution in [0.25, 0.3) is 0 Å². The fourth-order valence-electron chi connectivity index (χ4n) is 3.12. The number of hydrogen-bond donors (Lipinski definition) is 2. The Morgan fingerprint density at radius 2 is 2.32 bits per heavy atom. The summed E-state index contributed by atoms with van der Waals surface area (Å²) in [6.45, 7) is 2.14. The predicted molar refractivity (Wildman–Crippen MR) is 74.6 cm³/mol. The third-order valence-electron chi connectivity index (χ3n) is 4.18. The molecule has 0 aromatic heterocycles. The van der Waals surface area contributed by atoms with E-state index in [0.29, 0.717) is 5.92 Å². The second-order valence-corrected chi connectivity index (χ2v) is 5.44. The predicted octanol–water partition coefficient (Wildman–Crippen LogP) is 2.12. The molecule has 0 radical (unpaired) electrons. The van der Waals surface area contributed by atoms with Crippen molar-refractivity contribution in [3.63, 3.8) is 0 Å². The van der Waals surface area contributed by atoms with Crippen LogP contribution < -0.4 is 15.4 Å². The maximum atomic E-state index is 12.1. The summed E-state index contributed by atoms with van der Waals surface area (Å²) in [4.78, 5) is 12.1. The summed E-state index contributed by atoms with van der Waals surface area (Å²) in [6, 6.07) is 5.82. The first-order valence-corrected chi connectivity index (χ1v) is 6.97. The molecular weight excluding hydrogens is 240 g/mol. The summed E-state index contributed by atoms with van der Waals surface area (Å²) in [6.07, 6.45) is 3.36. The Morgan fingerprint density at radius 1 is 1.42 bits per heavy atom. The lowest BCUT2D eigenvalue weighted by atomic mass is 9.86. The first kappa shape index (κ1) is 12.5. The number of methoxy groups -OCH3 is 1. The van der Waals surface area contributed by atoms with Gasteiger partial charge in [-0.25, -0.2) is 0 Å². The molecule has 19 heavy (non-hydrogen) atoms. The minimum Gasteiger partial charge on any atom is -0.497 e. The van der Waals surface area contributed by atoms with Crippen LogP contribution in [0.5, 0.6) is 5.75 Å². The molecule has 0 saturated carbocycles. The largest absolute Gasteiger partial charge is 0.497 e. The van der Waals surface area contributed by atoms with E-state index in [9.17, 15) is 4.79 Å². The van der Waals surface area contributed by atoms with Gasteiger partial charge in [0.2, 0.25) is 5.91 Å². The van der Waals surface area contributed by atoms with Crippen LogP contribution in [0.3, 0.4) is 0 Å². The van der Waals surface area contributed by atoms with E-state index in [-0.39, 0.29) is 11.8 Å². The van der Waals surface area contributed by atoms with Crippen molar-refractivity contribution >= 4 is 11.6 Å². The number of rotatable bonds is 3. The Bertz CT molecular complexity index is 481. The highest BCUT2D eigenvalue weighted by molar-refractivity contribution is 6.03. The molecule has 1 amide bonds. The number of carbonyl (C=O) groups is 1. The Labute approximate surface area is 113 Å². The monoisotopic (exact) mass is 260 g/mol.